The summed E-state index contributed by atoms with van der Waals surface area (Å²) in [4.78, 5) is 13.7. The number of hydrogen-bond acceptors (Lipinski definition) is 2. The standard InChI is InChI=1S/C6H11NO2/c1-4(5(2)8)6(9)7-3/h4-5,8H,3H2,1-2H3. The Morgan fingerprint density at radius 2 is 2.11 bits per heavy atom. The molecule has 1 amide bonds. The molecule has 0 aromatic carbocycles. The third-order valence-electron chi connectivity index (χ3n) is 1.27. The highest BCUT2D eigenvalue weighted by molar-refractivity contribution is 5.82. The highest BCUT2D eigenvalue weighted by Gasteiger charge is 2.15. The zero-order valence-corrected chi connectivity index (χ0v) is 5.66. The third-order valence-corrected chi connectivity index (χ3v) is 1.27. The monoisotopic (exact) mass is 129 g/mol. The van der Waals surface area contributed by atoms with Crippen LogP contribution in [0.2, 0.25) is 0 Å². The fourth-order valence-corrected chi connectivity index (χ4v) is 0.350. The van der Waals surface area contributed by atoms with E-state index < -0.39 is 12.0 Å². The van der Waals surface area contributed by atoms with Gasteiger partial charge in [-0.05, 0) is 13.6 Å². The average Bonchev–Trinajstić information content (AvgIpc) is 1.84. The summed E-state index contributed by atoms with van der Waals surface area (Å²) in [7, 11) is 0. The van der Waals surface area contributed by atoms with Crippen LogP contribution in [0.15, 0.2) is 4.99 Å². The van der Waals surface area contributed by atoms with E-state index in [1.165, 1.54) is 0 Å². The topological polar surface area (TPSA) is 49.7 Å². The molecule has 0 aromatic heterocycles. The van der Waals surface area contributed by atoms with E-state index in [-0.39, 0.29) is 5.91 Å². The Balaban J connectivity index is 3.87. The van der Waals surface area contributed by atoms with Gasteiger partial charge >= 0.3 is 0 Å². The molecule has 0 bridgehead atoms. The molecule has 1 N–H and O–H groups in total. The van der Waals surface area contributed by atoms with Gasteiger partial charge in [-0.3, -0.25) is 4.79 Å². The predicted molar refractivity (Wildman–Crippen MR) is 35.4 cm³/mol. The normalized spacial score (nSPS) is 16.3. The summed E-state index contributed by atoms with van der Waals surface area (Å²) >= 11 is 0. The van der Waals surface area contributed by atoms with Gasteiger partial charge in [0.15, 0.2) is 0 Å². The maximum absolute atomic E-state index is 10.6. The van der Waals surface area contributed by atoms with Crippen LogP contribution in [0.5, 0.6) is 0 Å². The minimum Gasteiger partial charge on any atom is -0.393 e. The van der Waals surface area contributed by atoms with Crippen molar-refractivity contribution in [1.29, 1.82) is 0 Å². The molecule has 0 aliphatic heterocycles. The Kier molecular flexibility index (Phi) is 3.09. The number of nitrogens with zero attached hydrogens (tertiary/aromatic N) is 1. The largest absolute Gasteiger partial charge is 0.393 e. The zero-order valence-electron chi connectivity index (χ0n) is 5.66. The highest BCUT2D eigenvalue weighted by atomic mass is 16.3. The van der Waals surface area contributed by atoms with Crippen LogP contribution in [0.4, 0.5) is 0 Å². The van der Waals surface area contributed by atoms with Crippen molar-refractivity contribution in [2.24, 2.45) is 10.9 Å². The van der Waals surface area contributed by atoms with Crippen molar-refractivity contribution in [3.63, 3.8) is 0 Å². The van der Waals surface area contributed by atoms with Crippen LogP contribution in [-0.2, 0) is 4.79 Å². The lowest BCUT2D eigenvalue weighted by Gasteiger charge is -2.08. The van der Waals surface area contributed by atoms with Crippen molar-refractivity contribution < 1.29 is 9.90 Å². The first kappa shape index (κ1) is 8.30. The van der Waals surface area contributed by atoms with Gasteiger partial charge in [0, 0.05) is 0 Å². The van der Waals surface area contributed by atoms with Crippen LogP contribution in [0.1, 0.15) is 13.8 Å². The maximum Gasteiger partial charge on any atom is 0.250 e. The second-order valence-electron chi connectivity index (χ2n) is 2.03. The molecule has 3 nitrogen and oxygen atoms in total. The molecule has 0 aliphatic rings. The van der Waals surface area contributed by atoms with E-state index in [1.807, 2.05) is 0 Å². The molecular formula is C6H11NO2. The number of aliphatic imine (C=N–C) groups is 1. The Hall–Kier alpha value is -0.700. The summed E-state index contributed by atoms with van der Waals surface area (Å²) in [5.74, 6) is -0.785. The van der Waals surface area contributed by atoms with E-state index in [0.717, 1.165) is 0 Å². The molecule has 2 unspecified atom stereocenters. The van der Waals surface area contributed by atoms with Crippen molar-refractivity contribution in [1.82, 2.24) is 0 Å². The first-order valence-electron chi connectivity index (χ1n) is 2.78. The van der Waals surface area contributed by atoms with Gasteiger partial charge in [0.2, 0.25) is 5.91 Å². The van der Waals surface area contributed by atoms with Crippen LogP contribution in [0, 0.1) is 5.92 Å². The first-order valence-corrected chi connectivity index (χ1v) is 2.78. The lowest BCUT2D eigenvalue weighted by atomic mass is 10.1. The fraction of sp³-hybridized carbons (Fsp3) is 0.667. The van der Waals surface area contributed by atoms with Crippen LogP contribution in [0.25, 0.3) is 0 Å². The lowest BCUT2D eigenvalue weighted by molar-refractivity contribution is -0.123. The molecule has 0 aliphatic carbocycles. The lowest BCUT2D eigenvalue weighted by Crippen LogP contribution is -2.20. The summed E-state index contributed by atoms with van der Waals surface area (Å²) in [5.41, 5.74) is 0. The van der Waals surface area contributed by atoms with Crippen molar-refractivity contribution in [3.05, 3.63) is 0 Å². The van der Waals surface area contributed by atoms with Crippen molar-refractivity contribution in [2.75, 3.05) is 0 Å². The van der Waals surface area contributed by atoms with Crippen LogP contribution >= 0.6 is 0 Å². The van der Waals surface area contributed by atoms with E-state index in [0.29, 0.717) is 0 Å². The van der Waals surface area contributed by atoms with Gasteiger partial charge < -0.3 is 5.11 Å². The summed E-state index contributed by atoms with van der Waals surface area (Å²) in [6.07, 6.45) is -0.636. The van der Waals surface area contributed by atoms with Gasteiger partial charge in [0.05, 0.1) is 12.0 Å². The predicted octanol–water partition coefficient (Wildman–Crippen LogP) is 0.230. The van der Waals surface area contributed by atoms with Crippen LogP contribution < -0.4 is 0 Å². The Morgan fingerprint density at radius 3 is 2.22 bits per heavy atom. The fourth-order valence-electron chi connectivity index (χ4n) is 0.350. The number of aliphatic hydroxyl groups excluding tert-OH is 1. The number of carbonyl (C=O) groups excluding carboxylic acids is 1. The van der Waals surface area contributed by atoms with Crippen molar-refractivity contribution in [2.45, 2.75) is 20.0 Å². The molecular weight excluding hydrogens is 118 g/mol. The molecule has 0 fully saturated rings. The minimum absolute atomic E-state index is 0.356. The quantitative estimate of drug-likeness (QED) is 0.542. The van der Waals surface area contributed by atoms with E-state index >= 15 is 0 Å². The zero-order chi connectivity index (χ0) is 7.44. The summed E-state index contributed by atoms with van der Waals surface area (Å²) in [5, 5.41) is 8.81. The van der Waals surface area contributed by atoms with Crippen LogP contribution in [0.3, 0.4) is 0 Å². The molecule has 0 aromatic rings. The summed E-state index contributed by atoms with van der Waals surface area (Å²) in [6, 6.07) is 0. The Morgan fingerprint density at radius 1 is 1.67 bits per heavy atom. The Bertz CT molecular complexity index is 120. The molecule has 2 atom stereocenters. The van der Waals surface area contributed by atoms with Crippen molar-refractivity contribution in [3.8, 4) is 0 Å². The highest BCUT2D eigenvalue weighted by Crippen LogP contribution is 2.02. The van der Waals surface area contributed by atoms with Gasteiger partial charge in [0.1, 0.15) is 0 Å². The molecule has 9 heavy (non-hydrogen) atoms. The van der Waals surface area contributed by atoms with Gasteiger partial charge in [-0.15, -0.1) is 0 Å². The van der Waals surface area contributed by atoms with Gasteiger partial charge in [-0.25, -0.2) is 4.99 Å². The second-order valence-corrected chi connectivity index (χ2v) is 2.03. The first-order chi connectivity index (χ1) is 4.09. The molecule has 0 saturated heterocycles. The number of amides is 1. The SMILES string of the molecule is C=NC(=O)C(C)C(C)O. The van der Waals surface area contributed by atoms with E-state index in [2.05, 4.69) is 11.7 Å². The van der Waals surface area contributed by atoms with Crippen molar-refractivity contribution >= 4 is 12.6 Å². The summed E-state index contributed by atoms with van der Waals surface area (Å²) in [6.45, 7) is 6.22. The number of aliphatic hydroxyl groups is 1. The molecule has 3 heteroatoms. The van der Waals surface area contributed by atoms with E-state index in [4.69, 9.17) is 5.11 Å². The third kappa shape index (κ3) is 2.37. The van der Waals surface area contributed by atoms with Gasteiger partial charge in [0.25, 0.3) is 0 Å². The number of hydrogen-bond donors (Lipinski definition) is 1. The molecule has 0 spiro atoms. The van der Waals surface area contributed by atoms with Gasteiger partial charge in [-0.1, -0.05) is 6.92 Å². The van der Waals surface area contributed by atoms with Gasteiger partial charge in [-0.2, -0.15) is 0 Å². The molecule has 0 saturated carbocycles. The Labute approximate surface area is 54.4 Å². The molecule has 0 radical (unpaired) electrons. The van der Waals surface area contributed by atoms with Crippen LogP contribution in [-0.4, -0.2) is 23.8 Å². The minimum atomic E-state index is -0.636. The van der Waals surface area contributed by atoms with E-state index in [1.54, 1.807) is 13.8 Å². The second kappa shape index (κ2) is 3.35. The maximum atomic E-state index is 10.6. The number of rotatable bonds is 2. The molecule has 0 rings (SSSR count). The summed E-state index contributed by atoms with van der Waals surface area (Å²) < 4.78 is 0. The molecule has 0 heterocycles. The van der Waals surface area contributed by atoms with E-state index in [9.17, 15) is 4.79 Å². The number of carbonyl (C=O) groups is 1. The average molecular weight is 129 g/mol. The smallest absolute Gasteiger partial charge is 0.250 e. The molecule has 52 valence electrons.